The minimum absolute atomic E-state index is 0.242. The number of rotatable bonds is 6. The van der Waals surface area contributed by atoms with Gasteiger partial charge >= 0.3 is 6.09 Å². The summed E-state index contributed by atoms with van der Waals surface area (Å²) in [5.41, 5.74) is -0.429. The zero-order valence-electron chi connectivity index (χ0n) is 14.3. The molecule has 5 heteroatoms. The number of hydrogen-bond donors (Lipinski definition) is 2. The van der Waals surface area contributed by atoms with Crippen molar-refractivity contribution in [3.8, 4) is 0 Å². The van der Waals surface area contributed by atoms with Gasteiger partial charge in [-0.2, -0.15) is 0 Å². The molecule has 2 fully saturated rings. The van der Waals surface area contributed by atoms with Gasteiger partial charge in [-0.3, -0.25) is 0 Å². The third-order valence-corrected chi connectivity index (χ3v) is 4.30. The van der Waals surface area contributed by atoms with E-state index in [4.69, 9.17) is 9.47 Å². The molecule has 0 aliphatic heterocycles. The average molecular weight is 312 g/mol. The van der Waals surface area contributed by atoms with Crippen LogP contribution < -0.4 is 10.6 Å². The lowest BCUT2D eigenvalue weighted by atomic mass is 9.87. The number of hydrogen-bond acceptors (Lipinski definition) is 4. The van der Waals surface area contributed by atoms with E-state index in [0.717, 1.165) is 26.0 Å². The van der Waals surface area contributed by atoms with Crippen LogP contribution in [0, 0.1) is 0 Å². The molecular formula is C17H32N2O3. The highest BCUT2D eigenvalue weighted by Crippen LogP contribution is 2.21. The molecule has 0 bridgehead atoms. The van der Waals surface area contributed by atoms with Gasteiger partial charge in [-0.1, -0.05) is 19.3 Å². The maximum Gasteiger partial charge on any atom is 0.407 e. The van der Waals surface area contributed by atoms with Gasteiger partial charge in [-0.15, -0.1) is 0 Å². The Kier molecular flexibility index (Phi) is 6.50. The Hall–Kier alpha value is -0.810. The van der Waals surface area contributed by atoms with E-state index < -0.39 is 5.60 Å². The van der Waals surface area contributed by atoms with E-state index in [-0.39, 0.29) is 12.1 Å². The van der Waals surface area contributed by atoms with E-state index in [1.807, 2.05) is 20.8 Å². The lowest BCUT2D eigenvalue weighted by Crippen LogP contribution is -2.53. The zero-order chi connectivity index (χ0) is 16.0. The molecule has 0 unspecified atom stereocenters. The number of carbonyl (C=O) groups excluding carboxylic acids is 1. The van der Waals surface area contributed by atoms with E-state index >= 15 is 0 Å². The smallest absolute Gasteiger partial charge is 0.407 e. The predicted molar refractivity (Wildman–Crippen MR) is 87.0 cm³/mol. The van der Waals surface area contributed by atoms with Crippen molar-refractivity contribution in [2.75, 3.05) is 13.2 Å². The zero-order valence-corrected chi connectivity index (χ0v) is 14.3. The van der Waals surface area contributed by atoms with Crippen molar-refractivity contribution in [1.29, 1.82) is 0 Å². The molecule has 0 heterocycles. The van der Waals surface area contributed by atoms with Crippen LogP contribution in [0.1, 0.15) is 65.7 Å². The van der Waals surface area contributed by atoms with Crippen LogP contribution >= 0.6 is 0 Å². The van der Waals surface area contributed by atoms with Crippen LogP contribution in [0.5, 0.6) is 0 Å². The molecule has 2 saturated carbocycles. The molecule has 22 heavy (non-hydrogen) atoms. The summed E-state index contributed by atoms with van der Waals surface area (Å²) in [6.45, 7) is 7.34. The molecular weight excluding hydrogens is 280 g/mol. The van der Waals surface area contributed by atoms with Crippen LogP contribution in [0.15, 0.2) is 0 Å². The molecule has 0 radical (unpaired) electrons. The van der Waals surface area contributed by atoms with Gasteiger partial charge in [0.1, 0.15) is 5.60 Å². The summed E-state index contributed by atoms with van der Waals surface area (Å²) in [6, 6.07) is 0.738. The first-order valence-electron chi connectivity index (χ1n) is 8.77. The van der Waals surface area contributed by atoms with Crippen molar-refractivity contribution >= 4 is 6.09 Å². The highest BCUT2D eigenvalue weighted by atomic mass is 16.6. The number of nitrogens with one attached hydrogen (secondary N) is 2. The second-order valence-electron chi connectivity index (χ2n) is 7.60. The van der Waals surface area contributed by atoms with Crippen LogP contribution in [-0.2, 0) is 9.47 Å². The maximum atomic E-state index is 11.6. The monoisotopic (exact) mass is 312 g/mol. The fraction of sp³-hybridized carbons (Fsp3) is 0.941. The lowest BCUT2D eigenvalue weighted by Gasteiger charge is -2.37. The first-order chi connectivity index (χ1) is 10.4. The molecule has 2 aliphatic rings. The minimum Gasteiger partial charge on any atom is -0.444 e. The fourth-order valence-electron chi connectivity index (χ4n) is 3.10. The Morgan fingerprint density at radius 3 is 2.41 bits per heavy atom. The molecule has 0 saturated heterocycles. The highest BCUT2D eigenvalue weighted by Gasteiger charge is 2.31. The fourth-order valence-corrected chi connectivity index (χ4v) is 3.10. The van der Waals surface area contributed by atoms with Gasteiger partial charge in [-0.05, 0) is 46.5 Å². The molecule has 0 aromatic heterocycles. The quantitative estimate of drug-likeness (QED) is 0.740. The maximum absolute atomic E-state index is 11.6. The van der Waals surface area contributed by atoms with Gasteiger partial charge in [0.2, 0.25) is 0 Å². The van der Waals surface area contributed by atoms with E-state index in [9.17, 15) is 4.79 Å². The Labute approximate surface area is 134 Å². The number of carbonyl (C=O) groups is 1. The van der Waals surface area contributed by atoms with Gasteiger partial charge in [-0.25, -0.2) is 4.79 Å². The third kappa shape index (κ3) is 6.53. The van der Waals surface area contributed by atoms with Crippen molar-refractivity contribution < 1.29 is 14.3 Å². The van der Waals surface area contributed by atoms with Crippen LogP contribution in [0.4, 0.5) is 4.79 Å². The molecule has 2 rings (SSSR count). The molecule has 0 spiro atoms. The molecule has 2 aliphatic carbocycles. The molecule has 5 nitrogen and oxygen atoms in total. The topological polar surface area (TPSA) is 59.6 Å². The molecule has 0 atom stereocenters. The van der Waals surface area contributed by atoms with Crippen molar-refractivity contribution in [2.24, 2.45) is 0 Å². The second-order valence-corrected chi connectivity index (χ2v) is 7.60. The normalized spacial score (nSPS) is 26.3. The highest BCUT2D eigenvalue weighted by molar-refractivity contribution is 5.68. The van der Waals surface area contributed by atoms with Crippen molar-refractivity contribution in [3.05, 3.63) is 0 Å². The lowest BCUT2D eigenvalue weighted by molar-refractivity contribution is 0.0268. The summed E-state index contributed by atoms with van der Waals surface area (Å²) < 4.78 is 11.2. The summed E-state index contributed by atoms with van der Waals surface area (Å²) >= 11 is 0. The Morgan fingerprint density at radius 1 is 1.09 bits per heavy atom. The summed E-state index contributed by atoms with van der Waals surface area (Å²) in [6.07, 6.45) is 8.58. The molecule has 2 N–H and O–H groups in total. The average Bonchev–Trinajstić information content (AvgIpc) is 2.39. The van der Waals surface area contributed by atoms with Gasteiger partial charge in [0.05, 0.1) is 12.7 Å². The van der Waals surface area contributed by atoms with Gasteiger partial charge in [0.15, 0.2) is 0 Å². The van der Waals surface area contributed by atoms with E-state index in [0.29, 0.717) is 12.1 Å². The van der Waals surface area contributed by atoms with Gasteiger partial charge in [0, 0.05) is 18.6 Å². The summed E-state index contributed by atoms with van der Waals surface area (Å²) in [7, 11) is 0. The molecule has 0 aromatic carbocycles. The first kappa shape index (κ1) is 17.5. The Morgan fingerprint density at radius 2 is 1.77 bits per heavy atom. The van der Waals surface area contributed by atoms with Crippen LogP contribution in [0.3, 0.4) is 0 Å². The van der Waals surface area contributed by atoms with Crippen molar-refractivity contribution in [3.63, 3.8) is 0 Å². The van der Waals surface area contributed by atoms with Crippen LogP contribution in [0.25, 0.3) is 0 Å². The summed E-state index contributed by atoms with van der Waals surface area (Å²) in [5, 5.41) is 6.41. The SMILES string of the molecule is CC(C)(C)OC(=O)NC1CC(NCCOC2CCCCC2)C1. The third-order valence-electron chi connectivity index (χ3n) is 4.30. The van der Waals surface area contributed by atoms with Gasteiger partial charge < -0.3 is 20.1 Å². The summed E-state index contributed by atoms with van der Waals surface area (Å²) in [5.74, 6) is 0. The van der Waals surface area contributed by atoms with Gasteiger partial charge in [0.25, 0.3) is 0 Å². The Balaban J connectivity index is 1.46. The molecule has 0 aromatic rings. The van der Waals surface area contributed by atoms with E-state index in [1.165, 1.54) is 32.1 Å². The standard InChI is InChI=1S/C17H32N2O3/c1-17(2,3)22-16(20)19-14-11-13(12-14)18-9-10-21-15-7-5-4-6-8-15/h13-15,18H,4-12H2,1-3H3,(H,19,20). The van der Waals surface area contributed by atoms with Crippen LogP contribution in [0.2, 0.25) is 0 Å². The first-order valence-corrected chi connectivity index (χ1v) is 8.77. The number of ether oxygens (including phenoxy) is 2. The minimum atomic E-state index is -0.429. The van der Waals surface area contributed by atoms with Crippen LogP contribution in [-0.4, -0.2) is 43.0 Å². The number of amides is 1. The van der Waals surface area contributed by atoms with E-state index in [1.54, 1.807) is 0 Å². The molecule has 128 valence electrons. The van der Waals surface area contributed by atoms with E-state index in [2.05, 4.69) is 10.6 Å². The number of alkyl carbamates (subject to hydrolysis) is 1. The summed E-state index contributed by atoms with van der Waals surface area (Å²) in [4.78, 5) is 11.6. The largest absolute Gasteiger partial charge is 0.444 e. The van der Waals surface area contributed by atoms with Crippen molar-refractivity contribution in [2.45, 2.75) is 89.5 Å². The molecule has 1 amide bonds. The predicted octanol–water partition coefficient (Wildman–Crippen LogP) is 2.98. The second kappa shape index (κ2) is 8.16. The Bertz CT molecular complexity index is 342. The van der Waals surface area contributed by atoms with Crippen molar-refractivity contribution in [1.82, 2.24) is 10.6 Å².